The average Bonchev–Trinajstić information content (AvgIpc) is 3.07. The van der Waals surface area contributed by atoms with Crippen LogP contribution in [0.2, 0.25) is 0 Å². The number of primary amides is 1. The van der Waals surface area contributed by atoms with Gasteiger partial charge in [-0.05, 0) is 68.1 Å². The summed E-state index contributed by atoms with van der Waals surface area (Å²) in [6, 6.07) is 8.69. The molecule has 1 aliphatic carbocycles. The highest BCUT2D eigenvalue weighted by atomic mass is 16.3. The van der Waals surface area contributed by atoms with Crippen LogP contribution < -0.4 is 5.73 Å². The van der Waals surface area contributed by atoms with Gasteiger partial charge in [0.25, 0.3) is 5.91 Å². The lowest BCUT2D eigenvalue weighted by molar-refractivity contribution is -0.143. The van der Waals surface area contributed by atoms with Crippen LogP contribution in [0.5, 0.6) is 0 Å². The van der Waals surface area contributed by atoms with Crippen molar-refractivity contribution in [3.05, 3.63) is 35.4 Å². The van der Waals surface area contributed by atoms with E-state index in [2.05, 4.69) is 11.0 Å². The monoisotopic (exact) mass is 457 g/mol. The molecule has 1 aromatic carbocycles. The minimum absolute atomic E-state index is 0.339. The van der Waals surface area contributed by atoms with Crippen LogP contribution in [0.4, 0.5) is 0 Å². The highest BCUT2D eigenvalue weighted by Gasteiger charge is 2.41. The lowest BCUT2D eigenvalue weighted by Crippen LogP contribution is -2.50. The summed E-state index contributed by atoms with van der Waals surface area (Å²) in [6.45, 7) is 1.56. The third kappa shape index (κ3) is 5.76. The van der Waals surface area contributed by atoms with Crippen molar-refractivity contribution >= 4 is 11.8 Å². The number of hydrogen-bond donors (Lipinski definition) is 3. The Morgan fingerprint density at radius 3 is 2.42 bits per heavy atom. The molecule has 2 aliphatic heterocycles. The molecule has 0 spiro atoms. The zero-order valence-electron chi connectivity index (χ0n) is 19.6. The summed E-state index contributed by atoms with van der Waals surface area (Å²) in [5.41, 5.74) is 7.25. The van der Waals surface area contributed by atoms with Gasteiger partial charge in [0.1, 0.15) is 0 Å². The first-order valence-corrected chi connectivity index (χ1v) is 12.7. The van der Waals surface area contributed by atoms with Gasteiger partial charge in [-0.2, -0.15) is 0 Å². The number of nitrogens with two attached hydrogens (primary N) is 1. The fourth-order valence-electron chi connectivity index (χ4n) is 6.36. The molecule has 7 nitrogen and oxygen atoms in total. The zero-order valence-corrected chi connectivity index (χ0v) is 19.6. The molecule has 1 aromatic rings. The van der Waals surface area contributed by atoms with Crippen molar-refractivity contribution in [2.45, 2.75) is 81.9 Å². The summed E-state index contributed by atoms with van der Waals surface area (Å²) in [7, 11) is 0. The van der Waals surface area contributed by atoms with Crippen LogP contribution in [0.1, 0.15) is 79.6 Å². The van der Waals surface area contributed by atoms with Crippen LogP contribution in [0.25, 0.3) is 0 Å². The number of carbonyl (C=O) groups is 2. The molecule has 1 unspecified atom stereocenters. The van der Waals surface area contributed by atoms with Crippen LogP contribution in [0.3, 0.4) is 0 Å². The summed E-state index contributed by atoms with van der Waals surface area (Å²) >= 11 is 0. The van der Waals surface area contributed by atoms with Crippen molar-refractivity contribution in [1.29, 1.82) is 0 Å². The standard InChI is InChI=1S/C26H39N3O4/c27-25(32)20-8-4-7-19(13-20)21-14-22-9-10-23(15-21)29(22)12-11-28(26(33)24(31)17-30)16-18-5-2-1-3-6-18/h4,7-8,13,18,21-24,30-31H,1-3,5-6,9-12,14-17H2,(H2,27,32)/t21?,22-,23+,24-/m1/s1. The maximum absolute atomic E-state index is 12.8. The Morgan fingerprint density at radius 2 is 1.79 bits per heavy atom. The Morgan fingerprint density at radius 1 is 1.09 bits per heavy atom. The minimum Gasteiger partial charge on any atom is -0.393 e. The van der Waals surface area contributed by atoms with Crippen LogP contribution in [0, 0.1) is 5.92 Å². The van der Waals surface area contributed by atoms with Crippen LogP contribution in [-0.4, -0.2) is 76.3 Å². The SMILES string of the molecule is NC(=O)c1cccc(C2C[C@H]3CC[C@@H](C2)N3CCN(CC2CCCCC2)C(=O)[C@H](O)CO)c1. The third-order valence-corrected chi connectivity index (χ3v) is 8.13. The van der Waals surface area contributed by atoms with Crippen LogP contribution in [0.15, 0.2) is 24.3 Å². The fraction of sp³-hybridized carbons (Fsp3) is 0.692. The predicted molar refractivity (Wildman–Crippen MR) is 127 cm³/mol. The van der Waals surface area contributed by atoms with Crippen LogP contribution >= 0.6 is 0 Å². The topological polar surface area (TPSA) is 107 Å². The second-order valence-electron chi connectivity index (χ2n) is 10.3. The second-order valence-corrected chi connectivity index (χ2v) is 10.3. The molecule has 33 heavy (non-hydrogen) atoms. The van der Waals surface area contributed by atoms with E-state index in [1.807, 2.05) is 12.1 Å². The van der Waals surface area contributed by atoms with Crippen molar-refractivity contribution in [2.75, 3.05) is 26.2 Å². The largest absolute Gasteiger partial charge is 0.393 e. The number of aliphatic hydroxyl groups is 2. The van der Waals surface area contributed by atoms with Gasteiger partial charge in [-0.1, -0.05) is 31.4 Å². The Bertz CT molecular complexity index is 812. The maximum atomic E-state index is 12.8. The van der Waals surface area contributed by atoms with Gasteiger partial charge < -0.3 is 20.8 Å². The lowest BCUT2D eigenvalue weighted by atomic mass is 9.84. The summed E-state index contributed by atoms with van der Waals surface area (Å²) in [6.07, 6.45) is 9.06. The van der Waals surface area contributed by atoms with E-state index < -0.39 is 12.7 Å². The van der Waals surface area contributed by atoms with Crippen molar-refractivity contribution in [3.8, 4) is 0 Å². The number of carbonyl (C=O) groups excluding carboxylic acids is 2. The number of piperidine rings is 1. The van der Waals surface area contributed by atoms with Crippen molar-refractivity contribution in [3.63, 3.8) is 0 Å². The maximum Gasteiger partial charge on any atom is 0.253 e. The number of fused-ring (bicyclic) bond motifs is 2. The number of benzene rings is 1. The van der Waals surface area contributed by atoms with Crippen molar-refractivity contribution in [2.24, 2.45) is 11.7 Å². The predicted octanol–water partition coefficient (Wildman–Crippen LogP) is 2.26. The zero-order chi connectivity index (χ0) is 23.4. The van der Waals surface area contributed by atoms with E-state index >= 15 is 0 Å². The summed E-state index contributed by atoms with van der Waals surface area (Å²) in [4.78, 5) is 28.7. The number of nitrogens with zero attached hydrogens (tertiary/aromatic N) is 2. The van der Waals surface area contributed by atoms with Gasteiger partial charge in [0.2, 0.25) is 5.91 Å². The molecule has 182 valence electrons. The molecule has 2 amide bonds. The van der Waals surface area contributed by atoms with Gasteiger partial charge in [0.15, 0.2) is 6.10 Å². The third-order valence-electron chi connectivity index (χ3n) is 8.13. The number of amides is 2. The van der Waals surface area contributed by atoms with E-state index in [1.165, 1.54) is 24.8 Å². The first-order chi connectivity index (χ1) is 16.0. The van der Waals surface area contributed by atoms with E-state index in [4.69, 9.17) is 5.73 Å². The Kier molecular flexibility index (Phi) is 8.04. The molecule has 4 rings (SSSR count). The fourth-order valence-corrected chi connectivity index (χ4v) is 6.36. The smallest absolute Gasteiger partial charge is 0.253 e. The summed E-state index contributed by atoms with van der Waals surface area (Å²) < 4.78 is 0. The van der Waals surface area contributed by atoms with Gasteiger partial charge in [-0.15, -0.1) is 0 Å². The first-order valence-electron chi connectivity index (χ1n) is 12.7. The number of aliphatic hydroxyl groups excluding tert-OH is 2. The van der Waals surface area contributed by atoms with Crippen molar-refractivity contribution < 1.29 is 19.8 Å². The lowest BCUT2D eigenvalue weighted by Gasteiger charge is -2.40. The molecule has 3 fully saturated rings. The number of hydrogen-bond acceptors (Lipinski definition) is 5. The molecule has 2 bridgehead atoms. The highest BCUT2D eigenvalue weighted by molar-refractivity contribution is 5.92. The molecule has 0 aromatic heterocycles. The Hall–Kier alpha value is -1.96. The normalized spacial score (nSPS) is 26.8. The van der Waals surface area contributed by atoms with Gasteiger partial charge in [-0.25, -0.2) is 0 Å². The van der Waals surface area contributed by atoms with E-state index in [0.29, 0.717) is 42.6 Å². The Balaban J connectivity index is 1.38. The van der Waals surface area contributed by atoms with E-state index in [-0.39, 0.29) is 11.8 Å². The highest BCUT2D eigenvalue weighted by Crippen LogP contribution is 2.43. The molecule has 2 saturated heterocycles. The van der Waals surface area contributed by atoms with Gasteiger partial charge >= 0.3 is 0 Å². The summed E-state index contributed by atoms with van der Waals surface area (Å²) in [5, 5.41) is 19.3. The Labute approximate surface area is 196 Å². The summed E-state index contributed by atoms with van der Waals surface area (Å²) in [5.74, 6) is 0.196. The molecule has 7 heteroatoms. The molecular weight excluding hydrogens is 418 g/mol. The molecular formula is C26H39N3O4. The second kappa shape index (κ2) is 11.0. The van der Waals surface area contributed by atoms with E-state index in [1.54, 1.807) is 11.0 Å². The van der Waals surface area contributed by atoms with Crippen LogP contribution in [-0.2, 0) is 4.79 Å². The average molecular weight is 458 g/mol. The first kappa shape index (κ1) is 24.2. The van der Waals surface area contributed by atoms with Gasteiger partial charge in [0.05, 0.1) is 6.61 Å². The van der Waals surface area contributed by atoms with Crippen molar-refractivity contribution in [1.82, 2.24) is 9.80 Å². The molecule has 0 radical (unpaired) electrons. The molecule has 4 N–H and O–H groups in total. The molecule has 3 aliphatic rings. The minimum atomic E-state index is -1.33. The quantitative estimate of drug-likeness (QED) is 0.527. The molecule has 2 heterocycles. The van der Waals surface area contributed by atoms with Gasteiger partial charge in [-0.3, -0.25) is 14.5 Å². The number of rotatable bonds is 9. The molecule has 4 atom stereocenters. The molecule has 1 saturated carbocycles. The van der Waals surface area contributed by atoms with E-state index in [9.17, 15) is 19.8 Å². The van der Waals surface area contributed by atoms with E-state index in [0.717, 1.165) is 45.1 Å². The van der Waals surface area contributed by atoms with Gasteiger partial charge in [0, 0.05) is 37.3 Å².